The summed E-state index contributed by atoms with van der Waals surface area (Å²) in [6.45, 7) is 0.173. The van der Waals surface area contributed by atoms with Crippen molar-refractivity contribution < 1.29 is 22.8 Å². The van der Waals surface area contributed by atoms with Crippen LogP contribution in [-0.2, 0) is 24.4 Å². The summed E-state index contributed by atoms with van der Waals surface area (Å²) in [5.74, 6) is -1.39. The van der Waals surface area contributed by atoms with Crippen LogP contribution in [-0.4, -0.2) is 62.5 Å². The first-order valence-corrected chi connectivity index (χ1v) is 11.9. The van der Waals surface area contributed by atoms with Gasteiger partial charge in [0.2, 0.25) is 15.9 Å². The largest absolute Gasteiger partial charge is 0.284 e. The molecule has 4 rings (SSSR count). The number of likely N-dealkylation sites (tertiary alicyclic amines) is 1. The van der Waals surface area contributed by atoms with Crippen LogP contribution in [0.1, 0.15) is 5.56 Å². The van der Waals surface area contributed by atoms with Gasteiger partial charge in [-0.2, -0.15) is 5.06 Å². The molecule has 0 aliphatic carbocycles. The van der Waals surface area contributed by atoms with Gasteiger partial charge in [0.1, 0.15) is 0 Å². The van der Waals surface area contributed by atoms with Crippen LogP contribution in [0, 0.1) is 5.92 Å². The van der Waals surface area contributed by atoms with Crippen molar-refractivity contribution in [3.63, 3.8) is 0 Å². The molecule has 0 aromatic heterocycles. The van der Waals surface area contributed by atoms with Gasteiger partial charge in [0.05, 0.1) is 16.9 Å². The lowest BCUT2D eigenvalue weighted by molar-refractivity contribution is -0.173. The lowest BCUT2D eigenvalue weighted by Gasteiger charge is -2.24. The fourth-order valence-corrected chi connectivity index (χ4v) is 4.96. The molecule has 0 saturated carbocycles. The second kappa shape index (κ2) is 9.13. The standard InChI is InChI=1S/C22H22ClN3O5S/c1-25-21(27)19-18(12-7-15-5-3-2-4-6-15)26(31-20(19)22(25)28)14-13-24-32(29,30)17-10-8-16(23)9-11-17/h2-12,18-20,24H,13-14H2,1H3/b12-7+/t18-,19+,20-/m0/s1. The van der Waals surface area contributed by atoms with E-state index in [-0.39, 0.29) is 23.9 Å². The van der Waals surface area contributed by atoms with E-state index in [2.05, 4.69) is 4.72 Å². The SMILES string of the molecule is CN1C(=O)[C@H]2[C@H](ON(CCNS(=O)(=O)c3ccc(Cl)cc3)[C@H]2/C=C/c2ccccc2)C1=O. The Balaban J connectivity index is 1.49. The third-order valence-corrected chi connectivity index (χ3v) is 7.23. The highest BCUT2D eigenvalue weighted by molar-refractivity contribution is 7.89. The zero-order chi connectivity index (χ0) is 22.9. The smallest absolute Gasteiger partial charge is 0.261 e. The number of halogens is 1. The van der Waals surface area contributed by atoms with Crippen LogP contribution in [0.2, 0.25) is 5.02 Å². The van der Waals surface area contributed by atoms with Gasteiger partial charge >= 0.3 is 0 Å². The molecule has 8 nitrogen and oxygen atoms in total. The first kappa shape index (κ1) is 22.6. The van der Waals surface area contributed by atoms with Crippen LogP contribution in [0.3, 0.4) is 0 Å². The molecule has 2 aromatic carbocycles. The Kier molecular flexibility index (Phi) is 6.45. The van der Waals surface area contributed by atoms with Crippen LogP contribution >= 0.6 is 11.6 Å². The third kappa shape index (κ3) is 4.48. The lowest BCUT2D eigenvalue weighted by Crippen LogP contribution is -2.41. The molecule has 10 heteroatoms. The Labute approximate surface area is 191 Å². The summed E-state index contributed by atoms with van der Waals surface area (Å²) in [5, 5.41) is 1.94. The second-order valence-corrected chi connectivity index (χ2v) is 9.74. The summed E-state index contributed by atoms with van der Waals surface area (Å²) in [5.41, 5.74) is 0.935. The number of likely N-dealkylation sites (N-methyl/N-ethyl adjacent to an activating group) is 1. The van der Waals surface area contributed by atoms with Crippen LogP contribution in [0.25, 0.3) is 6.08 Å². The van der Waals surface area contributed by atoms with Crippen LogP contribution in [0.5, 0.6) is 0 Å². The Morgan fingerprint density at radius 3 is 2.44 bits per heavy atom. The molecule has 168 valence electrons. The number of carbonyl (C=O) groups is 2. The highest BCUT2D eigenvalue weighted by atomic mass is 35.5. The molecule has 0 bridgehead atoms. The first-order valence-electron chi connectivity index (χ1n) is 10.0. The average Bonchev–Trinajstić information content (AvgIpc) is 3.24. The Morgan fingerprint density at radius 1 is 1.06 bits per heavy atom. The maximum Gasteiger partial charge on any atom is 0.261 e. The van der Waals surface area contributed by atoms with Gasteiger partial charge < -0.3 is 0 Å². The molecule has 2 saturated heterocycles. The van der Waals surface area contributed by atoms with E-state index >= 15 is 0 Å². The van der Waals surface area contributed by atoms with Crippen LogP contribution in [0.15, 0.2) is 65.6 Å². The minimum absolute atomic E-state index is 0.0261. The predicted octanol–water partition coefficient (Wildman–Crippen LogP) is 1.93. The summed E-state index contributed by atoms with van der Waals surface area (Å²) < 4.78 is 27.5. The van der Waals surface area contributed by atoms with Crippen LogP contribution < -0.4 is 4.72 Å². The fraction of sp³-hybridized carbons (Fsp3) is 0.273. The monoisotopic (exact) mass is 475 g/mol. The number of amides is 2. The number of benzene rings is 2. The minimum atomic E-state index is -3.74. The number of nitrogens with zero attached hydrogens (tertiary/aromatic N) is 2. The maximum absolute atomic E-state index is 12.7. The number of fused-ring (bicyclic) bond motifs is 1. The zero-order valence-corrected chi connectivity index (χ0v) is 18.8. The van der Waals surface area contributed by atoms with Crippen LogP contribution in [0.4, 0.5) is 0 Å². The highest BCUT2D eigenvalue weighted by Crippen LogP contribution is 2.36. The van der Waals surface area contributed by atoms with Crippen molar-refractivity contribution in [1.29, 1.82) is 0 Å². The van der Waals surface area contributed by atoms with Gasteiger partial charge in [-0.25, -0.2) is 13.1 Å². The fourth-order valence-electron chi connectivity index (χ4n) is 3.82. The number of rotatable bonds is 7. The molecular formula is C22H22ClN3O5S. The highest BCUT2D eigenvalue weighted by Gasteiger charge is 2.57. The molecule has 2 aliphatic heterocycles. The maximum atomic E-state index is 12.7. The summed E-state index contributed by atoms with van der Waals surface area (Å²) in [7, 11) is -2.30. The van der Waals surface area contributed by atoms with E-state index in [0.717, 1.165) is 10.5 Å². The van der Waals surface area contributed by atoms with Gasteiger partial charge in [-0.05, 0) is 29.8 Å². The minimum Gasteiger partial charge on any atom is -0.284 e. The van der Waals surface area contributed by atoms with E-state index in [1.807, 2.05) is 42.5 Å². The van der Waals surface area contributed by atoms with Gasteiger partial charge in [-0.15, -0.1) is 0 Å². The molecule has 0 radical (unpaired) electrons. The van der Waals surface area contributed by atoms with Crippen molar-refractivity contribution in [3.8, 4) is 0 Å². The Hall–Kier alpha value is -2.56. The van der Waals surface area contributed by atoms with E-state index in [4.69, 9.17) is 16.4 Å². The third-order valence-electron chi connectivity index (χ3n) is 5.50. The number of sulfonamides is 1. The number of hydrogen-bond donors (Lipinski definition) is 1. The van der Waals surface area contributed by atoms with Crippen molar-refractivity contribution in [3.05, 3.63) is 71.3 Å². The van der Waals surface area contributed by atoms with Crippen molar-refractivity contribution >= 4 is 39.5 Å². The van der Waals surface area contributed by atoms with E-state index in [0.29, 0.717) is 5.02 Å². The number of imide groups is 1. The van der Waals surface area contributed by atoms with Crippen molar-refractivity contribution in [2.24, 2.45) is 5.92 Å². The molecule has 2 amide bonds. The molecule has 2 fully saturated rings. The van der Waals surface area contributed by atoms with Crippen molar-refractivity contribution in [1.82, 2.24) is 14.7 Å². The molecule has 0 spiro atoms. The van der Waals surface area contributed by atoms with Gasteiger partial charge in [-0.3, -0.25) is 19.3 Å². The molecule has 2 aliphatic rings. The normalized spacial score (nSPS) is 23.9. The summed E-state index contributed by atoms with van der Waals surface area (Å²) in [6.07, 6.45) is 2.76. The molecule has 0 unspecified atom stereocenters. The molecule has 2 aromatic rings. The molecular weight excluding hydrogens is 454 g/mol. The van der Waals surface area contributed by atoms with Crippen molar-refractivity contribution in [2.45, 2.75) is 17.0 Å². The summed E-state index contributed by atoms with van der Waals surface area (Å²) >= 11 is 5.82. The summed E-state index contributed by atoms with van der Waals surface area (Å²) in [4.78, 5) is 32.0. The number of carbonyl (C=O) groups excluding carboxylic acids is 2. The van der Waals surface area contributed by atoms with E-state index < -0.39 is 34.0 Å². The molecule has 1 N–H and O–H groups in total. The number of hydrogen-bond acceptors (Lipinski definition) is 6. The predicted molar refractivity (Wildman–Crippen MR) is 119 cm³/mol. The summed E-state index contributed by atoms with van der Waals surface area (Å²) in [6, 6.07) is 14.9. The van der Waals surface area contributed by atoms with E-state index in [1.54, 1.807) is 0 Å². The quantitative estimate of drug-likeness (QED) is 0.615. The molecule has 32 heavy (non-hydrogen) atoms. The van der Waals surface area contributed by atoms with Gasteiger partial charge in [0.15, 0.2) is 6.10 Å². The van der Waals surface area contributed by atoms with E-state index in [9.17, 15) is 18.0 Å². The number of nitrogens with one attached hydrogen (secondary N) is 1. The van der Waals surface area contributed by atoms with E-state index in [1.165, 1.54) is 36.4 Å². The topological polar surface area (TPSA) is 96.0 Å². The van der Waals surface area contributed by atoms with Gasteiger partial charge in [0.25, 0.3) is 5.91 Å². The Morgan fingerprint density at radius 2 is 1.75 bits per heavy atom. The lowest BCUT2D eigenvalue weighted by atomic mass is 9.96. The van der Waals surface area contributed by atoms with Gasteiger partial charge in [0, 0.05) is 25.2 Å². The van der Waals surface area contributed by atoms with Crippen molar-refractivity contribution in [2.75, 3.05) is 20.1 Å². The molecule has 3 atom stereocenters. The average molecular weight is 476 g/mol. The number of hydroxylamine groups is 2. The molecule has 2 heterocycles. The Bertz CT molecular complexity index is 1140. The van der Waals surface area contributed by atoms with Gasteiger partial charge in [-0.1, -0.05) is 54.1 Å². The zero-order valence-electron chi connectivity index (χ0n) is 17.2. The second-order valence-electron chi connectivity index (χ2n) is 7.54. The first-order chi connectivity index (χ1) is 15.3.